The van der Waals surface area contributed by atoms with Gasteiger partial charge in [-0.15, -0.1) is 0 Å². The van der Waals surface area contributed by atoms with Crippen LogP contribution >= 0.6 is 31.9 Å². The van der Waals surface area contributed by atoms with Crippen LogP contribution in [0, 0.1) is 0 Å². The molecule has 1 nitrogen and oxygen atoms in total. The fourth-order valence-corrected chi connectivity index (χ4v) is 6.64. The lowest BCUT2D eigenvalue weighted by atomic mass is 9.84. The van der Waals surface area contributed by atoms with Gasteiger partial charge in [-0.05, 0) is 86.5 Å². The molecule has 1 atom stereocenters. The van der Waals surface area contributed by atoms with Crippen molar-refractivity contribution in [2.24, 2.45) is 0 Å². The lowest BCUT2D eigenvalue weighted by Crippen LogP contribution is -2.35. The second-order valence-corrected chi connectivity index (χ2v) is 11.4. The fraction of sp³-hybridized carbons (Fsp3) is 0.379. The first-order valence-corrected chi connectivity index (χ1v) is 13.5. The van der Waals surface area contributed by atoms with Crippen LogP contribution in [0.3, 0.4) is 0 Å². The van der Waals surface area contributed by atoms with E-state index >= 15 is 0 Å². The summed E-state index contributed by atoms with van der Waals surface area (Å²) in [4.78, 5) is 2.80. The lowest BCUT2D eigenvalue weighted by molar-refractivity contribution is 0.317. The van der Waals surface area contributed by atoms with E-state index in [4.69, 9.17) is 0 Å². The molecular weight excluding hydrogens is 522 g/mol. The molecule has 0 fully saturated rings. The first-order valence-electron chi connectivity index (χ1n) is 11.8. The molecule has 0 aromatic heterocycles. The molecule has 0 N–H and O–H groups in total. The number of benzene rings is 3. The van der Waals surface area contributed by atoms with Crippen LogP contribution in [0.5, 0.6) is 0 Å². The van der Waals surface area contributed by atoms with Gasteiger partial charge in [-0.1, -0.05) is 111 Å². The summed E-state index contributed by atoms with van der Waals surface area (Å²) in [7, 11) is 2.26. The number of rotatable bonds is 9. The number of alkyl halides is 2. The van der Waals surface area contributed by atoms with E-state index < -0.39 is 0 Å². The number of unbranched alkanes of at least 4 members (excludes halogenated alkanes) is 1. The number of nitrogens with zero attached hydrogens (tertiary/aromatic N) is 1. The second kappa shape index (κ2) is 11.1. The van der Waals surface area contributed by atoms with Crippen molar-refractivity contribution >= 4 is 31.9 Å². The predicted molar refractivity (Wildman–Crippen MR) is 144 cm³/mol. The third kappa shape index (κ3) is 5.38. The van der Waals surface area contributed by atoms with Gasteiger partial charge in [0.05, 0.1) is 4.32 Å². The Bertz CT molecular complexity index is 953. The van der Waals surface area contributed by atoms with Crippen molar-refractivity contribution in [1.82, 2.24) is 4.90 Å². The van der Waals surface area contributed by atoms with Crippen LogP contribution in [0.4, 0.5) is 0 Å². The average molecular weight is 555 g/mol. The topological polar surface area (TPSA) is 3.24 Å². The van der Waals surface area contributed by atoms with Gasteiger partial charge in [-0.2, -0.15) is 0 Å². The predicted octanol–water partition coefficient (Wildman–Crippen LogP) is 7.53. The molecule has 4 rings (SSSR count). The number of hydrogen-bond donors (Lipinski definition) is 0. The van der Waals surface area contributed by atoms with Crippen LogP contribution in [-0.2, 0) is 23.6 Å². The van der Waals surface area contributed by atoms with E-state index in [-0.39, 0.29) is 4.32 Å². The Morgan fingerprint density at radius 1 is 0.781 bits per heavy atom. The first kappa shape index (κ1) is 23.7. The maximum atomic E-state index is 4.28. The van der Waals surface area contributed by atoms with Crippen molar-refractivity contribution in [2.75, 3.05) is 20.1 Å². The van der Waals surface area contributed by atoms with Crippen molar-refractivity contribution in [3.8, 4) is 0 Å². The zero-order valence-electron chi connectivity index (χ0n) is 18.9. The van der Waals surface area contributed by atoms with E-state index in [2.05, 4.69) is 123 Å². The number of fused-ring (bicyclic) bond motifs is 2. The summed E-state index contributed by atoms with van der Waals surface area (Å²) in [6.07, 6.45) is 6.94. The maximum absolute atomic E-state index is 4.28. The van der Waals surface area contributed by atoms with Crippen molar-refractivity contribution < 1.29 is 0 Å². The third-order valence-corrected chi connectivity index (χ3v) is 9.94. The molecule has 0 bridgehead atoms. The highest BCUT2D eigenvalue weighted by Gasteiger charge is 2.42. The molecular formula is C29H33Br2N. The van der Waals surface area contributed by atoms with Crippen LogP contribution in [0.25, 0.3) is 0 Å². The van der Waals surface area contributed by atoms with Crippen molar-refractivity contribution in [1.29, 1.82) is 0 Å². The second-order valence-electron chi connectivity index (χ2n) is 9.03. The summed E-state index contributed by atoms with van der Waals surface area (Å²) in [6.45, 7) is 2.23. The number of hydrogen-bond acceptors (Lipinski definition) is 1. The molecule has 0 amide bonds. The maximum Gasteiger partial charge on any atom is 0.0885 e. The van der Waals surface area contributed by atoms with E-state index in [0.29, 0.717) is 4.83 Å². The highest BCUT2D eigenvalue weighted by atomic mass is 79.9. The zero-order chi connectivity index (χ0) is 22.4. The highest BCUT2D eigenvalue weighted by molar-refractivity contribution is 9.12. The molecule has 168 valence electrons. The summed E-state index contributed by atoms with van der Waals surface area (Å²) >= 11 is 8.42. The van der Waals surface area contributed by atoms with E-state index in [1.54, 1.807) is 0 Å². The monoisotopic (exact) mass is 553 g/mol. The molecule has 3 heteroatoms. The van der Waals surface area contributed by atoms with Gasteiger partial charge in [0, 0.05) is 4.83 Å². The Balaban J connectivity index is 1.40. The standard InChI is InChI=1S/C29H33Br2N/c1-32(21-10-9-13-23-11-3-2-4-12-23)22-20-28(30)29(31)26-16-7-5-14-24(26)18-19-25-15-6-8-17-27(25)29/h2-8,11-12,14-17,28H,9-10,13,18-22H2,1H3. The minimum absolute atomic E-state index is 0.204. The van der Waals surface area contributed by atoms with E-state index in [1.165, 1.54) is 47.1 Å². The Hall–Kier alpha value is -1.42. The molecule has 3 aromatic carbocycles. The lowest BCUT2D eigenvalue weighted by Gasteiger charge is -2.36. The van der Waals surface area contributed by atoms with Crippen molar-refractivity contribution in [3.63, 3.8) is 0 Å². The van der Waals surface area contributed by atoms with Crippen molar-refractivity contribution in [3.05, 3.63) is 107 Å². The van der Waals surface area contributed by atoms with Gasteiger partial charge >= 0.3 is 0 Å². The Labute approximate surface area is 210 Å². The van der Waals surface area contributed by atoms with Gasteiger partial charge in [-0.25, -0.2) is 0 Å². The van der Waals surface area contributed by atoms with Crippen LogP contribution in [0.2, 0.25) is 0 Å². The van der Waals surface area contributed by atoms with Gasteiger partial charge in [-0.3, -0.25) is 0 Å². The first-order chi connectivity index (χ1) is 15.6. The normalized spacial score (nSPS) is 15.6. The molecule has 1 aliphatic rings. The molecule has 0 radical (unpaired) electrons. The van der Waals surface area contributed by atoms with Crippen LogP contribution in [0.1, 0.15) is 47.1 Å². The molecule has 3 aromatic rings. The number of aryl methyl sites for hydroxylation is 3. The van der Waals surface area contributed by atoms with Gasteiger partial charge in [0.15, 0.2) is 0 Å². The van der Waals surface area contributed by atoms with Crippen LogP contribution in [-0.4, -0.2) is 29.9 Å². The summed E-state index contributed by atoms with van der Waals surface area (Å²) in [5.41, 5.74) is 7.19. The minimum Gasteiger partial charge on any atom is -0.306 e. The van der Waals surface area contributed by atoms with Crippen molar-refractivity contribution in [2.45, 2.75) is 47.7 Å². The summed E-state index contributed by atoms with van der Waals surface area (Å²) in [6, 6.07) is 28.8. The van der Waals surface area contributed by atoms with Gasteiger partial charge in [0.25, 0.3) is 0 Å². The molecule has 1 unspecified atom stereocenters. The van der Waals surface area contributed by atoms with E-state index in [1.807, 2.05) is 0 Å². The highest BCUT2D eigenvalue weighted by Crippen LogP contribution is 2.50. The molecule has 0 spiro atoms. The Morgan fingerprint density at radius 2 is 1.34 bits per heavy atom. The smallest absolute Gasteiger partial charge is 0.0885 e. The largest absolute Gasteiger partial charge is 0.306 e. The fourth-order valence-electron chi connectivity index (χ4n) is 4.94. The Kier molecular flexibility index (Phi) is 8.26. The summed E-state index contributed by atoms with van der Waals surface area (Å²) < 4.78 is -0.204. The minimum atomic E-state index is -0.204. The van der Waals surface area contributed by atoms with Gasteiger partial charge < -0.3 is 4.90 Å². The summed E-state index contributed by atoms with van der Waals surface area (Å²) in [5.74, 6) is 0. The molecule has 32 heavy (non-hydrogen) atoms. The number of halogens is 2. The van der Waals surface area contributed by atoms with Gasteiger partial charge in [0.1, 0.15) is 0 Å². The molecule has 1 aliphatic carbocycles. The molecule has 0 heterocycles. The zero-order valence-corrected chi connectivity index (χ0v) is 22.1. The van der Waals surface area contributed by atoms with Crippen LogP contribution in [0.15, 0.2) is 78.9 Å². The van der Waals surface area contributed by atoms with E-state index in [9.17, 15) is 0 Å². The molecule has 0 saturated heterocycles. The molecule has 0 saturated carbocycles. The summed E-state index contributed by atoms with van der Waals surface area (Å²) in [5, 5.41) is 0. The van der Waals surface area contributed by atoms with Crippen LogP contribution < -0.4 is 0 Å². The van der Waals surface area contributed by atoms with Gasteiger partial charge in [0.2, 0.25) is 0 Å². The average Bonchev–Trinajstić information content (AvgIpc) is 2.97. The molecule has 0 aliphatic heterocycles. The Morgan fingerprint density at radius 3 is 1.97 bits per heavy atom. The van der Waals surface area contributed by atoms with E-state index in [0.717, 1.165) is 32.4 Å². The third-order valence-electron chi connectivity index (χ3n) is 6.78. The SMILES string of the molecule is CN(CCCCc1ccccc1)CCC(Br)C1(Br)c2ccccc2CCc2ccccc21. The quantitative estimate of drug-likeness (QED) is 0.195.